The summed E-state index contributed by atoms with van der Waals surface area (Å²) in [5, 5.41) is 5.61. The summed E-state index contributed by atoms with van der Waals surface area (Å²) in [6, 6.07) is 7.86. The van der Waals surface area contributed by atoms with Gasteiger partial charge in [-0.25, -0.2) is 4.98 Å². The normalized spacial score (nSPS) is 16.7. The molecule has 0 amide bonds. The summed E-state index contributed by atoms with van der Waals surface area (Å²) in [6.45, 7) is 7.04. The van der Waals surface area contributed by atoms with Crippen molar-refractivity contribution in [2.24, 2.45) is 11.1 Å². The predicted molar refractivity (Wildman–Crippen MR) is 117 cm³/mol. The fourth-order valence-electron chi connectivity index (χ4n) is 3.56. The van der Waals surface area contributed by atoms with Crippen molar-refractivity contribution in [1.29, 1.82) is 0 Å². The zero-order valence-electron chi connectivity index (χ0n) is 16.0. The lowest BCUT2D eigenvalue weighted by molar-refractivity contribution is 0.257. The van der Waals surface area contributed by atoms with E-state index >= 15 is 0 Å². The number of anilines is 1. The van der Waals surface area contributed by atoms with Crippen molar-refractivity contribution in [3.05, 3.63) is 46.2 Å². The smallest absolute Gasteiger partial charge is 0.171 e. The van der Waals surface area contributed by atoms with Gasteiger partial charge in [-0.1, -0.05) is 48.0 Å². The Morgan fingerprint density at radius 3 is 2.71 bits per heavy atom. The highest BCUT2D eigenvalue weighted by molar-refractivity contribution is 7.99. The van der Waals surface area contributed by atoms with Crippen molar-refractivity contribution in [1.82, 2.24) is 14.6 Å². The zero-order valence-corrected chi connectivity index (χ0v) is 18.3. The van der Waals surface area contributed by atoms with Crippen LogP contribution in [0.15, 0.2) is 40.4 Å². The molecule has 0 unspecified atom stereocenters. The average molecular weight is 436 g/mol. The number of fused-ring (bicyclic) bond motifs is 1. The van der Waals surface area contributed by atoms with Crippen LogP contribution >= 0.6 is 35.0 Å². The summed E-state index contributed by atoms with van der Waals surface area (Å²) in [4.78, 5) is 8.86. The van der Waals surface area contributed by atoms with E-state index in [1.54, 1.807) is 24.2 Å². The van der Waals surface area contributed by atoms with E-state index in [1.165, 1.54) is 0 Å². The van der Waals surface area contributed by atoms with Gasteiger partial charge in [-0.3, -0.25) is 0 Å². The van der Waals surface area contributed by atoms with Crippen LogP contribution in [0.1, 0.15) is 25.3 Å². The number of pyridine rings is 1. The number of piperidine rings is 1. The average Bonchev–Trinajstić information content (AvgIpc) is 3.17. The highest BCUT2D eigenvalue weighted by Crippen LogP contribution is 2.41. The van der Waals surface area contributed by atoms with E-state index in [1.807, 2.05) is 16.6 Å². The number of hydrogen-bond acceptors (Lipinski definition) is 5. The molecule has 0 radical (unpaired) electrons. The Balaban J connectivity index is 1.70. The molecule has 2 aromatic heterocycles. The number of nitrogens with two attached hydrogens (primary N) is 1. The first kappa shape index (κ1) is 19.8. The number of rotatable bonds is 4. The minimum Gasteiger partial charge on any atom is -0.356 e. The number of nitrogens with zero attached hydrogens (tertiary/aromatic N) is 4. The van der Waals surface area contributed by atoms with Gasteiger partial charge in [0.15, 0.2) is 5.65 Å². The van der Waals surface area contributed by atoms with Crippen LogP contribution in [0.4, 0.5) is 5.82 Å². The summed E-state index contributed by atoms with van der Waals surface area (Å²) < 4.78 is 1.93. The molecule has 3 heterocycles. The molecular weight excluding hydrogens is 413 g/mol. The molecule has 1 fully saturated rings. The summed E-state index contributed by atoms with van der Waals surface area (Å²) in [5.74, 6) is 1.07. The lowest BCUT2D eigenvalue weighted by Crippen LogP contribution is -2.43. The Morgan fingerprint density at radius 1 is 1.25 bits per heavy atom. The monoisotopic (exact) mass is 435 g/mol. The Kier molecular flexibility index (Phi) is 5.49. The van der Waals surface area contributed by atoms with Crippen molar-refractivity contribution in [2.75, 3.05) is 24.5 Å². The predicted octanol–water partition coefficient (Wildman–Crippen LogP) is 5.06. The third kappa shape index (κ3) is 3.59. The Bertz CT molecular complexity index is 1010. The van der Waals surface area contributed by atoms with E-state index in [-0.39, 0.29) is 5.41 Å². The van der Waals surface area contributed by atoms with E-state index in [4.69, 9.17) is 28.9 Å². The van der Waals surface area contributed by atoms with Crippen LogP contribution in [0.5, 0.6) is 0 Å². The number of aromatic nitrogens is 3. The molecule has 1 aliphatic rings. The maximum absolute atomic E-state index is 6.40. The van der Waals surface area contributed by atoms with Gasteiger partial charge >= 0.3 is 0 Å². The summed E-state index contributed by atoms with van der Waals surface area (Å²) in [7, 11) is 0. The van der Waals surface area contributed by atoms with Crippen molar-refractivity contribution < 1.29 is 0 Å². The van der Waals surface area contributed by atoms with Crippen molar-refractivity contribution in [3.8, 4) is 0 Å². The molecule has 148 valence electrons. The van der Waals surface area contributed by atoms with Gasteiger partial charge in [0.1, 0.15) is 12.1 Å². The van der Waals surface area contributed by atoms with Gasteiger partial charge in [0.05, 0.1) is 14.9 Å². The molecule has 1 aliphatic heterocycles. The van der Waals surface area contributed by atoms with Crippen LogP contribution in [0.3, 0.4) is 0 Å². The fourth-order valence-corrected chi connectivity index (χ4v) is 5.05. The van der Waals surface area contributed by atoms with Crippen LogP contribution in [0.2, 0.25) is 10.0 Å². The Hall–Kier alpha value is -1.47. The number of halogens is 2. The topological polar surface area (TPSA) is 59.5 Å². The lowest BCUT2D eigenvalue weighted by atomic mass is 9.80. The van der Waals surface area contributed by atoms with Crippen LogP contribution in [0.25, 0.3) is 5.65 Å². The molecule has 5 nitrogen and oxygen atoms in total. The van der Waals surface area contributed by atoms with Gasteiger partial charge in [0, 0.05) is 18.0 Å². The second-order valence-corrected chi connectivity index (χ2v) is 9.50. The lowest BCUT2D eigenvalue weighted by Gasteiger charge is -2.39. The minimum absolute atomic E-state index is 0.228. The fraction of sp³-hybridized carbons (Fsp3) is 0.400. The molecule has 0 bridgehead atoms. The molecule has 0 atom stereocenters. The molecule has 0 aliphatic carbocycles. The molecule has 1 aromatic carbocycles. The first-order valence-electron chi connectivity index (χ1n) is 9.32. The highest BCUT2D eigenvalue weighted by Gasteiger charge is 2.30. The first-order valence-corrected chi connectivity index (χ1v) is 10.9. The SMILES string of the molecule is Cc1cc(N2CCC(C)(CN)CC2)n2ncnc2c1Sc1cccc(Cl)c1Cl. The maximum atomic E-state index is 6.40. The summed E-state index contributed by atoms with van der Waals surface area (Å²) >= 11 is 14.2. The molecule has 2 N–H and O–H groups in total. The minimum atomic E-state index is 0.228. The third-order valence-electron chi connectivity index (χ3n) is 5.59. The third-order valence-corrected chi connectivity index (χ3v) is 7.79. The molecule has 28 heavy (non-hydrogen) atoms. The van der Waals surface area contributed by atoms with Gasteiger partial charge in [-0.2, -0.15) is 9.61 Å². The van der Waals surface area contributed by atoms with Crippen LogP contribution < -0.4 is 10.6 Å². The standard InChI is InChI=1S/C20H23Cl2N5S/c1-13-10-16(26-8-6-20(2,11-23)7-9-26)27-19(24-12-25-27)18(13)28-15-5-3-4-14(21)17(15)22/h3-5,10,12H,6-9,11,23H2,1-2H3. The zero-order chi connectivity index (χ0) is 19.9. The number of benzene rings is 1. The molecule has 1 saturated heterocycles. The molecule has 0 spiro atoms. The highest BCUT2D eigenvalue weighted by atomic mass is 35.5. The van der Waals surface area contributed by atoms with Crippen molar-refractivity contribution in [2.45, 2.75) is 36.5 Å². The Morgan fingerprint density at radius 2 is 2.00 bits per heavy atom. The quantitative estimate of drug-likeness (QED) is 0.620. The van der Waals surface area contributed by atoms with Gasteiger partial charge in [0.2, 0.25) is 0 Å². The largest absolute Gasteiger partial charge is 0.356 e. The molecule has 8 heteroatoms. The summed E-state index contributed by atoms with van der Waals surface area (Å²) in [6.07, 6.45) is 3.76. The van der Waals surface area contributed by atoms with Crippen LogP contribution in [0, 0.1) is 12.3 Å². The van der Waals surface area contributed by atoms with E-state index in [0.29, 0.717) is 10.0 Å². The van der Waals surface area contributed by atoms with Gasteiger partial charge in [-0.15, -0.1) is 0 Å². The van der Waals surface area contributed by atoms with Crippen LogP contribution in [-0.4, -0.2) is 34.2 Å². The van der Waals surface area contributed by atoms with Crippen LogP contribution in [-0.2, 0) is 0 Å². The first-order chi connectivity index (χ1) is 13.4. The van der Waals surface area contributed by atoms with Gasteiger partial charge < -0.3 is 10.6 Å². The molecule has 0 saturated carbocycles. The second-order valence-electron chi connectivity index (χ2n) is 7.67. The molecule has 3 aromatic rings. The van der Waals surface area contributed by atoms with E-state index in [2.05, 4.69) is 34.9 Å². The van der Waals surface area contributed by atoms with Gasteiger partial charge in [-0.05, 0) is 55.5 Å². The van der Waals surface area contributed by atoms with Crippen molar-refractivity contribution in [3.63, 3.8) is 0 Å². The molecule has 4 rings (SSSR count). The number of aryl methyl sites for hydroxylation is 1. The number of hydrogen-bond donors (Lipinski definition) is 1. The maximum Gasteiger partial charge on any atom is 0.171 e. The van der Waals surface area contributed by atoms with Crippen molar-refractivity contribution >= 4 is 46.4 Å². The molecular formula is C20H23Cl2N5S. The van der Waals surface area contributed by atoms with E-state index in [9.17, 15) is 0 Å². The summed E-state index contributed by atoms with van der Waals surface area (Å²) in [5.41, 5.74) is 8.17. The second kappa shape index (κ2) is 7.75. The van der Waals surface area contributed by atoms with E-state index in [0.717, 1.165) is 59.3 Å². The Labute approximate surface area is 179 Å². The van der Waals surface area contributed by atoms with E-state index < -0.39 is 0 Å². The van der Waals surface area contributed by atoms with Gasteiger partial charge in [0.25, 0.3) is 0 Å².